The summed E-state index contributed by atoms with van der Waals surface area (Å²) in [7, 11) is 0. The summed E-state index contributed by atoms with van der Waals surface area (Å²) in [5.41, 5.74) is 2.45. The van der Waals surface area contributed by atoms with Gasteiger partial charge in [-0.2, -0.15) is 4.98 Å². The van der Waals surface area contributed by atoms with Crippen LogP contribution < -0.4 is 5.32 Å². The molecule has 2 atom stereocenters. The second-order valence-electron chi connectivity index (χ2n) is 5.46. The van der Waals surface area contributed by atoms with Gasteiger partial charge in [0.25, 0.3) is 0 Å². The van der Waals surface area contributed by atoms with E-state index in [4.69, 9.17) is 11.6 Å². The number of H-pyrrole nitrogens is 1. The molecule has 1 amide bonds. The van der Waals surface area contributed by atoms with Gasteiger partial charge in [0, 0.05) is 12.1 Å². The number of nitrogens with one attached hydrogen (secondary N) is 2. The summed E-state index contributed by atoms with van der Waals surface area (Å²) in [6.45, 7) is 0. The average Bonchev–Trinajstić information content (AvgIpc) is 3.23. The summed E-state index contributed by atoms with van der Waals surface area (Å²) < 4.78 is 0. The van der Waals surface area contributed by atoms with Crippen LogP contribution in [0.5, 0.6) is 0 Å². The van der Waals surface area contributed by atoms with Gasteiger partial charge < -0.3 is 4.98 Å². The van der Waals surface area contributed by atoms with Gasteiger partial charge in [-0.15, -0.1) is 0 Å². The number of hydrogen-bond donors (Lipinski definition) is 2. The van der Waals surface area contributed by atoms with E-state index in [2.05, 4.69) is 32.4 Å². The molecule has 0 spiro atoms. The fourth-order valence-corrected chi connectivity index (χ4v) is 2.85. The number of imidazole rings is 1. The Morgan fingerprint density at radius 2 is 2.14 bits per heavy atom. The van der Waals surface area contributed by atoms with Crippen molar-refractivity contribution in [2.75, 3.05) is 5.32 Å². The van der Waals surface area contributed by atoms with E-state index in [1.54, 1.807) is 6.07 Å². The minimum Gasteiger partial charge on any atom is -0.322 e. The second kappa shape index (κ2) is 5.10. The Morgan fingerprint density at radius 3 is 2.95 bits per heavy atom. The molecular weight excluding hydrogens is 300 g/mol. The number of halogens is 1. The average molecular weight is 313 g/mol. The molecule has 4 rings (SSSR count). The van der Waals surface area contributed by atoms with E-state index in [-0.39, 0.29) is 11.8 Å². The van der Waals surface area contributed by atoms with E-state index in [9.17, 15) is 4.79 Å². The molecule has 22 heavy (non-hydrogen) atoms. The quantitative estimate of drug-likeness (QED) is 0.779. The topological polar surface area (TPSA) is 70.7 Å². The van der Waals surface area contributed by atoms with E-state index in [0.29, 0.717) is 28.1 Å². The molecular formula is C16H13ClN4O. The first-order chi connectivity index (χ1) is 10.7. The number of fused-ring (bicyclic) bond motifs is 1. The minimum atomic E-state index is -0.0148. The van der Waals surface area contributed by atoms with Gasteiger partial charge in [0.15, 0.2) is 5.65 Å². The SMILES string of the molecule is O=C(Nc1nc2ncc(Cl)cc2[nH]1)C1CC1c1ccccc1. The Kier molecular flexibility index (Phi) is 3.08. The second-order valence-corrected chi connectivity index (χ2v) is 5.90. The van der Waals surface area contributed by atoms with Crippen LogP contribution in [-0.4, -0.2) is 20.9 Å². The molecule has 0 saturated heterocycles. The summed E-state index contributed by atoms with van der Waals surface area (Å²) in [5.74, 6) is 0.706. The van der Waals surface area contributed by atoms with Gasteiger partial charge in [-0.05, 0) is 24.0 Å². The molecule has 3 aromatic rings. The van der Waals surface area contributed by atoms with Gasteiger partial charge in [0.2, 0.25) is 11.9 Å². The molecule has 2 unspecified atom stereocenters. The van der Waals surface area contributed by atoms with Gasteiger partial charge in [-0.1, -0.05) is 41.9 Å². The van der Waals surface area contributed by atoms with E-state index >= 15 is 0 Å². The highest BCUT2D eigenvalue weighted by Gasteiger charge is 2.44. The standard InChI is InChI=1S/C16H13ClN4O/c17-10-6-13-14(18-8-10)20-16(19-13)21-15(22)12-7-11(12)9-4-2-1-3-5-9/h1-6,8,11-12H,7H2,(H2,18,19,20,21,22). The number of aromatic nitrogens is 3. The van der Waals surface area contributed by atoms with Crippen molar-refractivity contribution in [2.45, 2.75) is 12.3 Å². The number of carbonyl (C=O) groups excluding carboxylic acids is 1. The third kappa shape index (κ3) is 2.44. The highest BCUT2D eigenvalue weighted by atomic mass is 35.5. The van der Waals surface area contributed by atoms with Crippen molar-refractivity contribution >= 4 is 34.6 Å². The summed E-state index contributed by atoms with van der Waals surface area (Å²) in [5, 5.41) is 3.35. The number of amides is 1. The molecule has 1 fully saturated rings. The maximum absolute atomic E-state index is 12.3. The smallest absolute Gasteiger partial charge is 0.230 e. The molecule has 2 N–H and O–H groups in total. The number of anilines is 1. The van der Waals surface area contributed by atoms with Crippen LogP contribution in [0.4, 0.5) is 5.95 Å². The van der Waals surface area contributed by atoms with Crippen molar-refractivity contribution < 1.29 is 4.79 Å². The van der Waals surface area contributed by atoms with Crippen LogP contribution in [-0.2, 0) is 4.79 Å². The van der Waals surface area contributed by atoms with Crippen molar-refractivity contribution in [3.05, 3.63) is 53.2 Å². The van der Waals surface area contributed by atoms with Gasteiger partial charge in [0.05, 0.1) is 10.5 Å². The number of pyridine rings is 1. The first-order valence-electron chi connectivity index (χ1n) is 7.08. The lowest BCUT2D eigenvalue weighted by Gasteiger charge is -2.01. The summed E-state index contributed by atoms with van der Waals surface area (Å²) in [4.78, 5) is 23.6. The van der Waals surface area contributed by atoms with Crippen LogP contribution in [0.2, 0.25) is 5.02 Å². The number of carbonyl (C=O) groups is 1. The van der Waals surface area contributed by atoms with Gasteiger partial charge >= 0.3 is 0 Å². The Hall–Kier alpha value is -2.40. The lowest BCUT2D eigenvalue weighted by Crippen LogP contribution is -2.15. The highest BCUT2D eigenvalue weighted by molar-refractivity contribution is 6.31. The summed E-state index contributed by atoms with van der Waals surface area (Å²) >= 11 is 5.88. The lowest BCUT2D eigenvalue weighted by atomic mass is 10.1. The third-order valence-electron chi connectivity index (χ3n) is 3.90. The lowest BCUT2D eigenvalue weighted by molar-refractivity contribution is -0.117. The third-order valence-corrected chi connectivity index (χ3v) is 4.11. The molecule has 5 nitrogen and oxygen atoms in total. The monoisotopic (exact) mass is 312 g/mol. The maximum atomic E-state index is 12.3. The van der Waals surface area contributed by atoms with Crippen LogP contribution in [0.1, 0.15) is 17.9 Å². The predicted octanol–water partition coefficient (Wildman–Crippen LogP) is 3.35. The summed E-state index contributed by atoms with van der Waals surface area (Å²) in [6.07, 6.45) is 2.41. The van der Waals surface area contributed by atoms with Gasteiger partial charge in [-0.25, -0.2) is 4.98 Å². The van der Waals surface area contributed by atoms with E-state index < -0.39 is 0 Å². The molecule has 0 bridgehead atoms. The molecule has 6 heteroatoms. The van der Waals surface area contributed by atoms with Crippen LogP contribution in [0, 0.1) is 5.92 Å². The zero-order valence-electron chi connectivity index (χ0n) is 11.6. The molecule has 1 saturated carbocycles. The maximum Gasteiger partial charge on any atom is 0.230 e. The van der Waals surface area contributed by atoms with Crippen LogP contribution in [0.15, 0.2) is 42.6 Å². The number of aromatic amines is 1. The fourth-order valence-electron chi connectivity index (χ4n) is 2.70. The molecule has 1 aliphatic carbocycles. The molecule has 1 aliphatic rings. The first-order valence-corrected chi connectivity index (χ1v) is 7.45. The molecule has 0 aliphatic heterocycles. The Labute approximate surface area is 131 Å². The zero-order valence-corrected chi connectivity index (χ0v) is 12.3. The van der Waals surface area contributed by atoms with E-state index in [1.165, 1.54) is 11.8 Å². The zero-order chi connectivity index (χ0) is 15.1. The van der Waals surface area contributed by atoms with Crippen molar-refractivity contribution in [1.29, 1.82) is 0 Å². The Balaban J connectivity index is 1.48. The van der Waals surface area contributed by atoms with Crippen molar-refractivity contribution in [3.63, 3.8) is 0 Å². The van der Waals surface area contributed by atoms with Crippen LogP contribution in [0.3, 0.4) is 0 Å². The van der Waals surface area contributed by atoms with Crippen LogP contribution >= 0.6 is 11.6 Å². The largest absolute Gasteiger partial charge is 0.322 e. The van der Waals surface area contributed by atoms with Crippen molar-refractivity contribution in [3.8, 4) is 0 Å². The van der Waals surface area contributed by atoms with Crippen molar-refractivity contribution in [1.82, 2.24) is 15.0 Å². The molecule has 2 heterocycles. The van der Waals surface area contributed by atoms with E-state index in [0.717, 1.165) is 6.42 Å². The normalized spacial score (nSPS) is 20.0. The predicted molar refractivity (Wildman–Crippen MR) is 84.8 cm³/mol. The molecule has 2 aromatic heterocycles. The number of hydrogen-bond acceptors (Lipinski definition) is 3. The van der Waals surface area contributed by atoms with Crippen LogP contribution in [0.25, 0.3) is 11.2 Å². The van der Waals surface area contributed by atoms with Gasteiger partial charge in [0.1, 0.15) is 0 Å². The fraction of sp³-hybridized carbons (Fsp3) is 0.188. The van der Waals surface area contributed by atoms with E-state index in [1.807, 2.05) is 18.2 Å². The van der Waals surface area contributed by atoms with Gasteiger partial charge in [-0.3, -0.25) is 10.1 Å². The Bertz CT molecular complexity index is 846. The Morgan fingerprint density at radius 1 is 1.32 bits per heavy atom. The molecule has 110 valence electrons. The minimum absolute atomic E-state index is 0.00663. The number of nitrogens with zero attached hydrogens (tertiary/aromatic N) is 2. The summed E-state index contributed by atoms with van der Waals surface area (Å²) in [6, 6.07) is 11.8. The highest BCUT2D eigenvalue weighted by Crippen LogP contribution is 2.47. The first kappa shape index (κ1) is 13.3. The molecule has 1 aromatic carbocycles. The molecule has 0 radical (unpaired) electrons. The number of rotatable bonds is 3. The van der Waals surface area contributed by atoms with Crippen molar-refractivity contribution in [2.24, 2.45) is 5.92 Å². The number of benzene rings is 1.